The zero-order chi connectivity index (χ0) is 18.8. The van der Waals surface area contributed by atoms with Crippen LogP contribution in [0.3, 0.4) is 0 Å². The first kappa shape index (κ1) is 17.7. The second-order valence-corrected chi connectivity index (χ2v) is 7.07. The van der Waals surface area contributed by atoms with E-state index >= 15 is 0 Å². The first-order valence-corrected chi connectivity index (χ1v) is 9.34. The Morgan fingerprint density at radius 1 is 1.04 bits per heavy atom. The maximum absolute atomic E-state index is 5.58. The van der Waals surface area contributed by atoms with E-state index < -0.39 is 0 Å². The largest absolute Gasteiger partial charge is 0.497 e. The van der Waals surface area contributed by atoms with Gasteiger partial charge in [-0.15, -0.1) is 0 Å². The molecule has 1 atom stereocenters. The number of ether oxygens (including phenoxy) is 2. The highest BCUT2D eigenvalue weighted by Crippen LogP contribution is 2.36. The molecule has 1 fully saturated rings. The third-order valence-electron chi connectivity index (χ3n) is 5.37. The first-order chi connectivity index (χ1) is 13.2. The number of aryl methyl sites for hydroxylation is 1. The average molecular weight is 363 g/mol. The Morgan fingerprint density at radius 2 is 1.81 bits per heavy atom. The molecule has 1 aliphatic rings. The van der Waals surface area contributed by atoms with Crippen molar-refractivity contribution in [1.29, 1.82) is 0 Å². The smallest absolute Gasteiger partial charge is 0.122 e. The molecule has 0 aliphatic carbocycles. The van der Waals surface area contributed by atoms with Crippen LogP contribution in [0.5, 0.6) is 11.5 Å². The molecule has 0 saturated carbocycles. The lowest BCUT2D eigenvalue weighted by atomic mass is 9.97. The Labute approximate surface area is 160 Å². The highest BCUT2D eigenvalue weighted by atomic mass is 16.5. The number of fused-ring (bicyclic) bond motifs is 1. The lowest BCUT2D eigenvalue weighted by Gasteiger charge is -2.18. The van der Waals surface area contributed by atoms with Crippen molar-refractivity contribution < 1.29 is 9.47 Å². The molecule has 1 saturated heterocycles. The molecule has 0 N–H and O–H groups in total. The molecule has 140 valence electrons. The van der Waals surface area contributed by atoms with E-state index in [-0.39, 0.29) is 0 Å². The molecule has 1 unspecified atom stereocenters. The summed E-state index contributed by atoms with van der Waals surface area (Å²) in [6, 6.07) is 14.1. The number of nitrogens with zero attached hydrogens (tertiary/aromatic N) is 3. The van der Waals surface area contributed by atoms with Gasteiger partial charge in [0.2, 0.25) is 0 Å². The van der Waals surface area contributed by atoms with Gasteiger partial charge in [0.15, 0.2) is 0 Å². The zero-order valence-corrected chi connectivity index (χ0v) is 16.1. The van der Waals surface area contributed by atoms with Gasteiger partial charge < -0.3 is 9.47 Å². The summed E-state index contributed by atoms with van der Waals surface area (Å²) in [5.74, 6) is 2.24. The third-order valence-corrected chi connectivity index (χ3v) is 5.37. The Bertz CT molecular complexity index is 957. The topological polar surface area (TPSA) is 47.5 Å². The number of hydrogen-bond acceptors (Lipinski definition) is 5. The summed E-state index contributed by atoms with van der Waals surface area (Å²) in [6.07, 6.45) is 1.10. The summed E-state index contributed by atoms with van der Waals surface area (Å²) < 4.78 is 11.0. The molecule has 27 heavy (non-hydrogen) atoms. The molecule has 0 radical (unpaired) electrons. The lowest BCUT2D eigenvalue weighted by Crippen LogP contribution is -2.21. The van der Waals surface area contributed by atoms with Crippen LogP contribution in [0.4, 0.5) is 0 Å². The summed E-state index contributed by atoms with van der Waals surface area (Å²) >= 11 is 0. The number of aromatic nitrogens is 2. The minimum Gasteiger partial charge on any atom is -0.497 e. The number of likely N-dealkylation sites (tertiary alicyclic amines) is 1. The van der Waals surface area contributed by atoms with Crippen LogP contribution in [0.15, 0.2) is 42.5 Å². The standard InChI is InChI=1S/C22H25N3O2/c1-15-21(24-20-7-5-4-6-19(20)23-15)14-25-11-10-16(13-25)18-12-17(26-2)8-9-22(18)27-3/h4-9,12,16H,10-11,13-14H2,1-3H3. The molecule has 2 aromatic carbocycles. The molecule has 1 aliphatic heterocycles. The third kappa shape index (κ3) is 3.60. The Balaban J connectivity index is 1.53. The van der Waals surface area contributed by atoms with Gasteiger partial charge in [0.05, 0.1) is 36.6 Å². The Morgan fingerprint density at radius 3 is 2.56 bits per heavy atom. The van der Waals surface area contributed by atoms with Crippen LogP contribution in [0.2, 0.25) is 0 Å². The van der Waals surface area contributed by atoms with E-state index in [1.165, 1.54) is 5.56 Å². The van der Waals surface area contributed by atoms with E-state index in [0.29, 0.717) is 5.92 Å². The summed E-state index contributed by atoms with van der Waals surface area (Å²) in [6.45, 7) is 4.90. The minimum absolute atomic E-state index is 0.434. The SMILES string of the molecule is COc1ccc(OC)c(C2CCN(Cc3nc4ccccc4nc3C)C2)c1. The molecule has 1 aromatic heterocycles. The van der Waals surface area contributed by atoms with Crippen molar-refractivity contribution in [2.75, 3.05) is 27.3 Å². The van der Waals surface area contributed by atoms with Crippen LogP contribution in [-0.2, 0) is 6.54 Å². The number of rotatable bonds is 5. The van der Waals surface area contributed by atoms with E-state index in [4.69, 9.17) is 19.4 Å². The van der Waals surface area contributed by atoms with Gasteiger partial charge in [0, 0.05) is 24.6 Å². The highest BCUT2D eigenvalue weighted by Gasteiger charge is 2.27. The molecule has 5 heteroatoms. The molecule has 0 spiro atoms. The normalized spacial score (nSPS) is 17.4. The number of benzene rings is 2. The molecule has 0 amide bonds. The van der Waals surface area contributed by atoms with Crippen molar-refractivity contribution in [2.45, 2.75) is 25.8 Å². The maximum Gasteiger partial charge on any atom is 0.122 e. The fraction of sp³-hybridized carbons (Fsp3) is 0.364. The molecular formula is C22H25N3O2. The predicted octanol–water partition coefficient (Wildman–Crippen LogP) is 3.94. The second kappa shape index (κ2) is 7.53. The summed E-state index contributed by atoms with van der Waals surface area (Å²) in [4.78, 5) is 12.0. The van der Waals surface area contributed by atoms with Crippen molar-refractivity contribution in [3.8, 4) is 11.5 Å². The average Bonchev–Trinajstić information content (AvgIpc) is 3.16. The highest BCUT2D eigenvalue weighted by molar-refractivity contribution is 5.74. The molecule has 3 aromatic rings. The number of methoxy groups -OCH3 is 2. The fourth-order valence-corrected chi connectivity index (χ4v) is 3.87. The van der Waals surface area contributed by atoms with Crippen LogP contribution < -0.4 is 9.47 Å². The van der Waals surface area contributed by atoms with Gasteiger partial charge in [-0.3, -0.25) is 4.90 Å². The predicted molar refractivity (Wildman–Crippen MR) is 106 cm³/mol. The lowest BCUT2D eigenvalue weighted by molar-refractivity contribution is 0.320. The van der Waals surface area contributed by atoms with E-state index in [0.717, 1.165) is 60.0 Å². The van der Waals surface area contributed by atoms with Gasteiger partial charge in [0.1, 0.15) is 11.5 Å². The quantitative estimate of drug-likeness (QED) is 0.687. The van der Waals surface area contributed by atoms with E-state index in [1.807, 2.05) is 43.3 Å². The van der Waals surface area contributed by atoms with E-state index in [2.05, 4.69) is 11.0 Å². The molecule has 0 bridgehead atoms. The summed E-state index contributed by atoms with van der Waals surface area (Å²) in [5.41, 5.74) is 5.21. The Kier molecular flexibility index (Phi) is 4.94. The van der Waals surface area contributed by atoms with Gasteiger partial charge in [-0.1, -0.05) is 12.1 Å². The fourth-order valence-electron chi connectivity index (χ4n) is 3.87. The maximum atomic E-state index is 5.58. The van der Waals surface area contributed by atoms with Crippen molar-refractivity contribution >= 4 is 11.0 Å². The minimum atomic E-state index is 0.434. The van der Waals surface area contributed by atoms with Crippen LogP contribution in [0.25, 0.3) is 11.0 Å². The number of hydrogen-bond donors (Lipinski definition) is 0. The van der Waals surface area contributed by atoms with Gasteiger partial charge in [-0.2, -0.15) is 0 Å². The second-order valence-electron chi connectivity index (χ2n) is 7.07. The van der Waals surface area contributed by atoms with Crippen molar-refractivity contribution in [2.24, 2.45) is 0 Å². The van der Waals surface area contributed by atoms with E-state index in [1.54, 1.807) is 14.2 Å². The molecular weight excluding hydrogens is 338 g/mol. The molecule has 4 rings (SSSR count). The van der Waals surface area contributed by atoms with Gasteiger partial charge >= 0.3 is 0 Å². The zero-order valence-electron chi connectivity index (χ0n) is 16.1. The first-order valence-electron chi connectivity index (χ1n) is 9.34. The monoisotopic (exact) mass is 363 g/mol. The van der Waals surface area contributed by atoms with Gasteiger partial charge in [0.25, 0.3) is 0 Å². The molecule has 2 heterocycles. The van der Waals surface area contributed by atoms with Crippen molar-refractivity contribution in [3.63, 3.8) is 0 Å². The van der Waals surface area contributed by atoms with Crippen LogP contribution in [0.1, 0.15) is 29.3 Å². The van der Waals surface area contributed by atoms with Crippen molar-refractivity contribution in [1.82, 2.24) is 14.9 Å². The van der Waals surface area contributed by atoms with Crippen LogP contribution in [-0.4, -0.2) is 42.2 Å². The van der Waals surface area contributed by atoms with Crippen molar-refractivity contribution in [3.05, 3.63) is 59.4 Å². The van der Waals surface area contributed by atoms with Crippen LogP contribution >= 0.6 is 0 Å². The number of para-hydroxylation sites is 2. The van der Waals surface area contributed by atoms with Gasteiger partial charge in [-0.05, 0) is 50.2 Å². The Hall–Kier alpha value is -2.66. The summed E-state index contributed by atoms with van der Waals surface area (Å²) in [7, 11) is 3.43. The summed E-state index contributed by atoms with van der Waals surface area (Å²) in [5, 5.41) is 0. The van der Waals surface area contributed by atoms with Crippen LogP contribution in [0, 0.1) is 6.92 Å². The van der Waals surface area contributed by atoms with E-state index in [9.17, 15) is 0 Å². The molecule has 5 nitrogen and oxygen atoms in total. The van der Waals surface area contributed by atoms with Gasteiger partial charge in [-0.25, -0.2) is 9.97 Å².